The minimum absolute atomic E-state index is 0.0395. The molecule has 0 saturated carbocycles. The lowest BCUT2D eigenvalue weighted by Crippen LogP contribution is -2.18. The zero-order valence-corrected chi connectivity index (χ0v) is 9.64. The molecule has 0 heterocycles. The molecule has 4 heteroatoms. The summed E-state index contributed by atoms with van der Waals surface area (Å²) >= 11 is 0. The van der Waals surface area contributed by atoms with Crippen LogP contribution in [0.25, 0.3) is 0 Å². The summed E-state index contributed by atoms with van der Waals surface area (Å²) in [6.07, 6.45) is 1.26. The fraction of sp³-hybridized carbons (Fsp3) is 0.417. The second-order valence-electron chi connectivity index (χ2n) is 3.66. The maximum atomic E-state index is 12.8. The van der Waals surface area contributed by atoms with Gasteiger partial charge in [-0.25, -0.2) is 4.39 Å². The Labute approximate surface area is 95.0 Å². The number of anilines is 1. The Kier molecular flexibility index (Phi) is 4.76. The van der Waals surface area contributed by atoms with E-state index in [0.29, 0.717) is 13.0 Å². The Morgan fingerprint density at radius 2 is 2.19 bits per heavy atom. The zero-order valence-electron chi connectivity index (χ0n) is 9.64. The first-order valence-corrected chi connectivity index (χ1v) is 5.34. The van der Waals surface area contributed by atoms with Crippen molar-refractivity contribution in [2.24, 2.45) is 0 Å². The zero-order chi connectivity index (χ0) is 12.0. The van der Waals surface area contributed by atoms with Gasteiger partial charge in [0.1, 0.15) is 5.82 Å². The molecule has 1 rings (SSSR count). The van der Waals surface area contributed by atoms with Crippen molar-refractivity contribution >= 4 is 11.6 Å². The van der Waals surface area contributed by atoms with Crippen molar-refractivity contribution in [3.8, 4) is 0 Å². The summed E-state index contributed by atoms with van der Waals surface area (Å²) in [6, 6.07) is 4.62. The molecule has 1 amide bonds. The second kappa shape index (κ2) is 6.10. The van der Waals surface area contributed by atoms with Crippen molar-refractivity contribution in [1.29, 1.82) is 0 Å². The van der Waals surface area contributed by atoms with E-state index in [1.54, 1.807) is 13.1 Å². The largest absolute Gasteiger partial charge is 0.385 e. The van der Waals surface area contributed by atoms with E-state index in [-0.39, 0.29) is 11.7 Å². The summed E-state index contributed by atoms with van der Waals surface area (Å²) in [5, 5.41) is 5.74. The van der Waals surface area contributed by atoms with E-state index in [9.17, 15) is 9.18 Å². The molecular formula is C12H17FN2O. The number of aryl methyl sites for hydroxylation is 1. The van der Waals surface area contributed by atoms with E-state index in [1.165, 1.54) is 12.1 Å². The molecule has 0 atom stereocenters. The minimum Gasteiger partial charge on any atom is -0.385 e. The average molecular weight is 224 g/mol. The van der Waals surface area contributed by atoms with Crippen LogP contribution in [0.4, 0.5) is 10.1 Å². The van der Waals surface area contributed by atoms with E-state index in [2.05, 4.69) is 10.6 Å². The van der Waals surface area contributed by atoms with Gasteiger partial charge in [-0.05, 0) is 37.1 Å². The number of benzene rings is 1. The molecule has 0 aliphatic rings. The molecule has 2 N–H and O–H groups in total. The van der Waals surface area contributed by atoms with Crippen LogP contribution < -0.4 is 10.6 Å². The lowest BCUT2D eigenvalue weighted by atomic mass is 10.2. The highest BCUT2D eigenvalue weighted by atomic mass is 19.1. The van der Waals surface area contributed by atoms with Gasteiger partial charge >= 0.3 is 0 Å². The van der Waals surface area contributed by atoms with Crippen LogP contribution >= 0.6 is 0 Å². The molecule has 0 fully saturated rings. The highest BCUT2D eigenvalue weighted by Crippen LogP contribution is 2.15. The normalized spacial score (nSPS) is 9.94. The third kappa shape index (κ3) is 3.88. The number of amides is 1. The Balaban J connectivity index is 2.35. The van der Waals surface area contributed by atoms with E-state index >= 15 is 0 Å². The van der Waals surface area contributed by atoms with Gasteiger partial charge in [0.05, 0.1) is 0 Å². The van der Waals surface area contributed by atoms with Crippen LogP contribution in [-0.4, -0.2) is 19.5 Å². The summed E-state index contributed by atoms with van der Waals surface area (Å²) in [5.74, 6) is -0.189. The summed E-state index contributed by atoms with van der Waals surface area (Å²) in [6.45, 7) is 2.56. The monoisotopic (exact) mass is 224 g/mol. The van der Waals surface area contributed by atoms with Crippen molar-refractivity contribution in [2.75, 3.05) is 18.9 Å². The molecule has 1 aromatic rings. The number of halogens is 1. The molecule has 16 heavy (non-hydrogen) atoms. The summed E-state index contributed by atoms with van der Waals surface area (Å²) in [7, 11) is 1.62. The van der Waals surface area contributed by atoms with Gasteiger partial charge in [-0.15, -0.1) is 0 Å². The highest BCUT2D eigenvalue weighted by Gasteiger charge is 2.00. The fourth-order valence-corrected chi connectivity index (χ4v) is 1.42. The summed E-state index contributed by atoms with van der Waals surface area (Å²) < 4.78 is 12.8. The van der Waals surface area contributed by atoms with Crippen LogP contribution in [0, 0.1) is 12.7 Å². The molecule has 3 nitrogen and oxygen atoms in total. The molecule has 0 aromatic heterocycles. The van der Waals surface area contributed by atoms with Gasteiger partial charge in [0.25, 0.3) is 0 Å². The molecule has 1 aromatic carbocycles. The number of hydrogen-bond donors (Lipinski definition) is 2. The van der Waals surface area contributed by atoms with Gasteiger partial charge in [0.15, 0.2) is 0 Å². The lowest BCUT2D eigenvalue weighted by Gasteiger charge is -2.09. The van der Waals surface area contributed by atoms with Crippen LogP contribution in [0.5, 0.6) is 0 Å². The Morgan fingerprint density at radius 3 is 2.81 bits per heavy atom. The fourth-order valence-electron chi connectivity index (χ4n) is 1.42. The molecule has 0 aliphatic carbocycles. The molecule has 0 saturated heterocycles. The summed E-state index contributed by atoms with van der Waals surface area (Å²) in [5.41, 5.74) is 1.79. The van der Waals surface area contributed by atoms with Gasteiger partial charge in [-0.2, -0.15) is 0 Å². The molecule has 88 valence electrons. The molecule has 0 radical (unpaired) electrons. The van der Waals surface area contributed by atoms with Gasteiger partial charge in [0.2, 0.25) is 5.91 Å². The standard InChI is InChI=1S/C12H17FN2O/c1-9-8-10(13)5-6-11(9)15-7-3-4-12(16)14-2/h5-6,8,15H,3-4,7H2,1-2H3,(H,14,16). The van der Waals surface area contributed by atoms with Crippen molar-refractivity contribution in [1.82, 2.24) is 5.32 Å². The van der Waals surface area contributed by atoms with Crippen molar-refractivity contribution < 1.29 is 9.18 Å². The van der Waals surface area contributed by atoms with E-state index in [0.717, 1.165) is 17.7 Å². The molecule has 0 aliphatic heterocycles. The smallest absolute Gasteiger partial charge is 0.219 e. The van der Waals surface area contributed by atoms with Gasteiger partial charge in [0, 0.05) is 25.7 Å². The maximum Gasteiger partial charge on any atom is 0.219 e. The lowest BCUT2D eigenvalue weighted by molar-refractivity contribution is -0.120. The molecule has 0 unspecified atom stereocenters. The third-order valence-corrected chi connectivity index (χ3v) is 2.36. The second-order valence-corrected chi connectivity index (χ2v) is 3.66. The van der Waals surface area contributed by atoms with E-state index < -0.39 is 0 Å². The molecule has 0 bridgehead atoms. The van der Waals surface area contributed by atoms with E-state index in [1.807, 2.05) is 6.92 Å². The first-order valence-electron chi connectivity index (χ1n) is 5.34. The first kappa shape index (κ1) is 12.5. The van der Waals surface area contributed by atoms with Crippen LogP contribution in [0.1, 0.15) is 18.4 Å². The molecular weight excluding hydrogens is 207 g/mol. The van der Waals surface area contributed by atoms with E-state index in [4.69, 9.17) is 0 Å². The van der Waals surface area contributed by atoms with Gasteiger partial charge in [-0.1, -0.05) is 0 Å². The van der Waals surface area contributed by atoms with Crippen molar-refractivity contribution in [3.63, 3.8) is 0 Å². The number of rotatable bonds is 5. The Bertz CT molecular complexity index is 366. The van der Waals surface area contributed by atoms with Gasteiger partial charge < -0.3 is 10.6 Å². The average Bonchev–Trinajstić information content (AvgIpc) is 2.26. The predicted octanol–water partition coefficient (Wildman–Crippen LogP) is 2.07. The number of carbonyl (C=O) groups excluding carboxylic acids is 1. The maximum absolute atomic E-state index is 12.8. The van der Waals surface area contributed by atoms with Crippen LogP contribution in [0.2, 0.25) is 0 Å². The van der Waals surface area contributed by atoms with Crippen LogP contribution in [0.15, 0.2) is 18.2 Å². The Morgan fingerprint density at radius 1 is 1.44 bits per heavy atom. The predicted molar refractivity (Wildman–Crippen MR) is 62.9 cm³/mol. The van der Waals surface area contributed by atoms with Crippen LogP contribution in [0.3, 0.4) is 0 Å². The number of hydrogen-bond acceptors (Lipinski definition) is 2. The van der Waals surface area contributed by atoms with Gasteiger partial charge in [-0.3, -0.25) is 4.79 Å². The third-order valence-electron chi connectivity index (χ3n) is 2.36. The first-order chi connectivity index (χ1) is 7.63. The van der Waals surface area contributed by atoms with Crippen molar-refractivity contribution in [2.45, 2.75) is 19.8 Å². The number of nitrogens with one attached hydrogen (secondary N) is 2. The SMILES string of the molecule is CNC(=O)CCCNc1ccc(F)cc1C. The molecule has 0 spiro atoms. The van der Waals surface area contributed by atoms with Crippen LogP contribution in [-0.2, 0) is 4.79 Å². The quantitative estimate of drug-likeness (QED) is 0.752. The van der Waals surface area contributed by atoms with Crippen molar-refractivity contribution in [3.05, 3.63) is 29.6 Å². The minimum atomic E-state index is -0.228. The number of carbonyl (C=O) groups is 1. The topological polar surface area (TPSA) is 41.1 Å². The summed E-state index contributed by atoms with van der Waals surface area (Å²) in [4.78, 5) is 10.9. The Hall–Kier alpha value is -1.58. The highest BCUT2D eigenvalue weighted by molar-refractivity contribution is 5.75.